The molecule has 0 amide bonds. The van der Waals surface area contributed by atoms with Gasteiger partial charge >= 0.3 is 5.97 Å². The molecule has 0 bridgehead atoms. The topological polar surface area (TPSA) is 68.7 Å². The lowest BCUT2D eigenvalue weighted by Gasteiger charge is -2.13. The molecular weight excluding hydrogens is 374 g/mol. The Labute approximate surface area is 168 Å². The van der Waals surface area contributed by atoms with Crippen molar-refractivity contribution in [1.82, 2.24) is 4.98 Å². The highest BCUT2D eigenvalue weighted by Gasteiger charge is 2.18. The second kappa shape index (κ2) is 8.89. The quantitative estimate of drug-likeness (QED) is 0.554. The number of carboxylic acids is 1. The van der Waals surface area contributed by atoms with Gasteiger partial charge in [0.2, 0.25) is 0 Å². The van der Waals surface area contributed by atoms with E-state index in [2.05, 4.69) is 11.1 Å². The minimum absolute atomic E-state index is 0.287. The molecule has 1 N–H and O–H groups in total. The predicted molar refractivity (Wildman–Crippen MR) is 111 cm³/mol. The minimum Gasteiger partial charge on any atom is -0.490 e. The van der Waals surface area contributed by atoms with Crippen LogP contribution >= 0.6 is 11.3 Å². The first-order chi connectivity index (χ1) is 13.5. The van der Waals surface area contributed by atoms with Crippen LogP contribution in [-0.2, 0) is 13.0 Å². The third kappa shape index (κ3) is 4.51. The lowest BCUT2D eigenvalue weighted by molar-refractivity contribution is 0.0701. The molecule has 0 atom stereocenters. The molecule has 1 aromatic heterocycles. The average Bonchev–Trinajstić information content (AvgIpc) is 3.12. The summed E-state index contributed by atoms with van der Waals surface area (Å²) in [5.41, 5.74) is 3.69. The van der Waals surface area contributed by atoms with Crippen LogP contribution in [-0.4, -0.2) is 22.7 Å². The summed E-state index contributed by atoms with van der Waals surface area (Å²) in [4.78, 5) is 16.2. The first-order valence-electron chi connectivity index (χ1n) is 9.20. The van der Waals surface area contributed by atoms with Crippen LogP contribution in [0.2, 0.25) is 0 Å². The van der Waals surface area contributed by atoms with Gasteiger partial charge in [0.15, 0.2) is 11.5 Å². The van der Waals surface area contributed by atoms with Crippen molar-refractivity contribution in [3.05, 3.63) is 64.2 Å². The Bertz CT molecular complexity index is 980. The molecule has 0 radical (unpaired) electrons. The number of carbonyl (C=O) groups is 1. The number of hydrogen-bond donors (Lipinski definition) is 1. The molecule has 1 heterocycles. The van der Waals surface area contributed by atoms with E-state index in [0.29, 0.717) is 41.8 Å². The summed E-state index contributed by atoms with van der Waals surface area (Å²) in [5, 5.41) is 10.0. The molecule has 0 unspecified atom stereocenters. The van der Waals surface area contributed by atoms with Gasteiger partial charge in [0.25, 0.3) is 0 Å². The molecule has 3 aromatic rings. The van der Waals surface area contributed by atoms with Crippen LogP contribution in [0.1, 0.15) is 40.3 Å². The number of aromatic nitrogens is 1. The summed E-state index contributed by atoms with van der Waals surface area (Å²) >= 11 is 1.18. The Balaban J connectivity index is 1.87. The normalized spacial score (nSPS) is 10.7. The predicted octanol–water partition coefficient (Wildman–Crippen LogP) is 5.36. The molecule has 3 rings (SSSR count). The molecule has 0 aliphatic carbocycles. The third-order valence-electron chi connectivity index (χ3n) is 4.19. The maximum absolute atomic E-state index is 11.4. The van der Waals surface area contributed by atoms with E-state index in [4.69, 9.17) is 9.47 Å². The van der Waals surface area contributed by atoms with Gasteiger partial charge in [0.05, 0.1) is 12.3 Å². The van der Waals surface area contributed by atoms with E-state index in [1.807, 2.05) is 57.2 Å². The number of benzene rings is 2. The van der Waals surface area contributed by atoms with Gasteiger partial charge in [0, 0.05) is 5.56 Å². The van der Waals surface area contributed by atoms with Crippen molar-refractivity contribution in [2.45, 2.75) is 33.8 Å². The lowest BCUT2D eigenvalue weighted by atomic mass is 10.1. The summed E-state index contributed by atoms with van der Waals surface area (Å²) < 4.78 is 11.7. The molecule has 0 saturated carbocycles. The van der Waals surface area contributed by atoms with E-state index in [1.165, 1.54) is 16.9 Å². The van der Waals surface area contributed by atoms with Crippen molar-refractivity contribution in [1.29, 1.82) is 0 Å². The summed E-state index contributed by atoms with van der Waals surface area (Å²) in [6.45, 7) is 6.81. The Kier molecular flexibility index (Phi) is 6.31. The van der Waals surface area contributed by atoms with Crippen LogP contribution in [0.15, 0.2) is 42.5 Å². The van der Waals surface area contributed by atoms with Crippen LogP contribution < -0.4 is 9.47 Å². The monoisotopic (exact) mass is 397 g/mol. The molecule has 2 aromatic carbocycles. The first kappa shape index (κ1) is 19.9. The van der Waals surface area contributed by atoms with E-state index < -0.39 is 5.97 Å². The van der Waals surface area contributed by atoms with E-state index in [9.17, 15) is 9.90 Å². The molecule has 5 nitrogen and oxygen atoms in total. The molecule has 0 fully saturated rings. The highest BCUT2D eigenvalue weighted by Crippen LogP contribution is 2.36. The number of aromatic carboxylic acids is 1. The second-order valence-electron chi connectivity index (χ2n) is 6.33. The van der Waals surface area contributed by atoms with E-state index in [1.54, 1.807) is 0 Å². The third-order valence-corrected chi connectivity index (χ3v) is 5.33. The van der Waals surface area contributed by atoms with Crippen molar-refractivity contribution >= 4 is 17.3 Å². The van der Waals surface area contributed by atoms with Crippen LogP contribution in [0.5, 0.6) is 11.5 Å². The van der Waals surface area contributed by atoms with Crippen LogP contribution in [0.4, 0.5) is 0 Å². The molecular formula is C22H23NO4S. The Morgan fingerprint density at radius 2 is 1.93 bits per heavy atom. The number of hydrogen-bond acceptors (Lipinski definition) is 5. The van der Waals surface area contributed by atoms with Crippen molar-refractivity contribution in [2.75, 3.05) is 6.61 Å². The Hall–Kier alpha value is -2.86. The van der Waals surface area contributed by atoms with E-state index in [0.717, 1.165) is 11.1 Å². The zero-order chi connectivity index (χ0) is 20.1. The van der Waals surface area contributed by atoms with Crippen LogP contribution in [0.25, 0.3) is 10.6 Å². The standard InChI is InChI=1S/C22H23NO4S/c1-4-17-20(22(24)25)28-21(23-17)16-9-10-18(19(12-16)26-5-2)27-13-15-8-6-7-14(3)11-15/h6-12H,4-5,13H2,1-3H3,(H,24,25). The molecule has 146 valence electrons. The maximum atomic E-state index is 11.4. The largest absolute Gasteiger partial charge is 0.490 e. The second-order valence-corrected chi connectivity index (χ2v) is 7.32. The van der Waals surface area contributed by atoms with Gasteiger partial charge in [-0.05, 0) is 44.0 Å². The van der Waals surface area contributed by atoms with Gasteiger partial charge in [-0.3, -0.25) is 0 Å². The average molecular weight is 397 g/mol. The van der Waals surface area contributed by atoms with Crippen molar-refractivity contribution < 1.29 is 19.4 Å². The van der Waals surface area contributed by atoms with E-state index in [-0.39, 0.29) is 4.88 Å². The number of ether oxygens (including phenoxy) is 2. The van der Waals surface area contributed by atoms with Crippen molar-refractivity contribution in [3.8, 4) is 22.1 Å². The van der Waals surface area contributed by atoms with Gasteiger partial charge in [0.1, 0.15) is 16.5 Å². The summed E-state index contributed by atoms with van der Waals surface area (Å²) in [6, 6.07) is 13.8. The van der Waals surface area contributed by atoms with Gasteiger partial charge in [-0.25, -0.2) is 9.78 Å². The molecule has 0 spiro atoms. The Morgan fingerprint density at radius 1 is 1.11 bits per heavy atom. The molecule has 0 aliphatic rings. The molecule has 28 heavy (non-hydrogen) atoms. The SMILES string of the molecule is CCOc1cc(-c2nc(CC)c(C(=O)O)s2)ccc1OCc1cccc(C)c1. The molecule has 0 aliphatic heterocycles. The number of nitrogens with zero attached hydrogens (tertiary/aromatic N) is 1. The number of rotatable bonds is 8. The maximum Gasteiger partial charge on any atom is 0.347 e. The highest BCUT2D eigenvalue weighted by atomic mass is 32.1. The summed E-state index contributed by atoms with van der Waals surface area (Å²) in [6.07, 6.45) is 0.578. The van der Waals surface area contributed by atoms with Gasteiger partial charge in [-0.1, -0.05) is 36.8 Å². The fourth-order valence-electron chi connectivity index (χ4n) is 2.87. The van der Waals surface area contributed by atoms with Crippen molar-refractivity contribution in [3.63, 3.8) is 0 Å². The smallest absolute Gasteiger partial charge is 0.347 e. The highest BCUT2D eigenvalue weighted by molar-refractivity contribution is 7.17. The minimum atomic E-state index is -0.941. The van der Waals surface area contributed by atoms with Crippen molar-refractivity contribution in [2.24, 2.45) is 0 Å². The fourth-order valence-corrected chi connectivity index (χ4v) is 3.86. The number of aryl methyl sites for hydroxylation is 2. The first-order valence-corrected chi connectivity index (χ1v) is 10.0. The molecule has 0 saturated heterocycles. The zero-order valence-corrected chi connectivity index (χ0v) is 17.0. The fraction of sp³-hybridized carbons (Fsp3) is 0.273. The van der Waals surface area contributed by atoms with Crippen LogP contribution in [0, 0.1) is 6.92 Å². The van der Waals surface area contributed by atoms with E-state index >= 15 is 0 Å². The summed E-state index contributed by atoms with van der Waals surface area (Å²) in [7, 11) is 0. The van der Waals surface area contributed by atoms with Gasteiger partial charge in [-0.15, -0.1) is 11.3 Å². The van der Waals surface area contributed by atoms with Gasteiger partial charge in [-0.2, -0.15) is 0 Å². The number of thiazole rings is 1. The summed E-state index contributed by atoms with van der Waals surface area (Å²) in [5.74, 6) is 0.333. The van der Waals surface area contributed by atoms with Crippen LogP contribution in [0.3, 0.4) is 0 Å². The Morgan fingerprint density at radius 3 is 2.57 bits per heavy atom. The zero-order valence-electron chi connectivity index (χ0n) is 16.2. The lowest BCUT2D eigenvalue weighted by Crippen LogP contribution is -2.00. The number of carboxylic acid groups (broad SMARTS) is 1. The molecule has 6 heteroatoms. The van der Waals surface area contributed by atoms with Gasteiger partial charge < -0.3 is 14.6 Å².